The molecule has 0 radical (unpaired) electrons. The van der Waals surface area contributed by atoms with Crippen molar-refractivity contribution >= 4 is 29.9 Å². The molecule has 6 heteroatoms. The van der Waals surface area contributed by atoms with Gasteiger partial charge in [-0.2, -0.15) is 0 Å². The van der Waals surface area contributed by atoms with Crippen LogP contribution >= 0.6 is 24.0 Å². The van der Waals surface area contributed by atoms with Crippen LogP contribution in [0.15, 0.2) is 53.5 Å². The highest BCUT2D eigenvalue weighted by atomic mass is 127. The summed E-state index contributed by atoms with van der Waals surface area (Å²) in [5.41, 5.74) is 2.62. The molecule has 0 bridgehead atoms. The highest BCUT2D eigenvalue weighted by molar-refractivity contribution is 14.0. The molecule has 1 aliphatic heterocycles. The quantitative estimate of drug-likeness (QED) is 0.375. The molecule has 5 nitrogen and oxygen atoms in total. The van der Waals surface area contributed by atoms with E-state index in [2.05, 4.69) is 39.5 Å². The number of hydrogen-bond donors (Lipinski definition) is 1. The van der Waals surface area contributed by atoms with Gasteiger partial charge in [0.1, 0.15) is 11.5 Å². The molecule has 1 atom stereocenters. The van der Waals surface area contributed by atoms with E-state index in [0.29, 0.717) is 5.92 Å². The highest BCUT2D eigenvalue weighted by Crippen LogP contribution is 2.28. The second kappa shape index (κ2) is 11.1. The predicted molar refractivity (Wildman–Crippen MR) is 125 cm³/mol. The van der Waals surface area contributed by atoms with Crippen LogP contribution in [0.5, 0.6) is 11.5 Å². The van der Waals surface area contributed by atoms with Gasteiger partial charge in [0.05, 0.1) is 14.2 Å². The van der Waals surface area contributed by atoms with Crippen LogP contribution in [0.3, 0.4) is 0 Å². The number of benzene rings is 2. The van der Waals surface area contributed by atoms with Gasteiger partial charge >= 0.3 is 0 Å². The van der Waals surface area contributed by atoms with Crippen molar-refractivity contribution in [2.45, 2.75) is 18.8 Å². The van der Waals surface area contributed by atoms with Crippen molar-refractivity contribution < 1.29 is 9.47 Å². The zero-order valence-electron chi connectivity index (χ0n) is 16.9. The lowest BCUT2D eigenvalue weighted by atomic mass is 9.98. The van der Waals surface area contributed by atoms with Crippen molar-refractivity contribution in [1.29, 1.82) is 0 Å². The minimum atomic E-state index is 0. The second-order valence-corrected chi connectivity index (χ2v) is 6.78. The summed E-state index contributed by atoms with van der Waals surface area (Å²) in [6, 6.07) is 16.6. The fourth-order valence-electron chi connectivity index (χ4n) is 3.58. The molecule has 1 N–H and O–H groups in total. The number of methoxy groups -OCH3 is 2. The molecule has 0 saturated carbocycles. The van der Waals surface area contributed by atoms with Gasteiger partial charge in [0, 0.05) is 32.6 Å². The molecule has 1 unspecified atom stereocenters. The minimum absolute atomic E-state index is 0. The molecule has 1 aliphatic rings. The molecule has 0 amide bonds. The summed E-state index contributed by atoms with van der Waals surface area (Å²) in [4.78, 5) is 6.82. The number of halogens is 1. The molecule has 1 fully saturated rings. The summed E-state index contributed by atoms with van der Waals surface area (Å²) in [5, 5.41) is 3.50. The van der Waals surface area contributed by atoms with Gasteiger partial charge in [-0.15, -0.1) is 24.0 Å². The fraction of sp³-hybridized carbons (Fsp3) is 0.409. The SMILES string of the molecule is CN=C(NCCc1cccc(OC)c1)N1CCC(c2ccc(OC)cc2)C1.I. The van der Waals surface area contributed by atoms with Crippen LogP contribution in [0, 0.1) is 0 Å². The van der Waals surface area contributed by atoms with E-state index >= 15 is 0 Å². The number of nitrogens with one attached hydrogen (secondary N) is 1. The molecule has 2 aromatic carbocycles. The van der Waals surface area contributed by atoms with Gasteiger partial charge in [0.2, 0.25) is 0 Å². The lowest BCUT2D eigenvalue weighted by molar-refractivity contribution is 0.414. The summed E-state index contributed by atoms with van der Waals surface area (Å²) in [6.45, 7) is 2.87. The van der Waals surface area contributed by atoms with E-state index < -0.39 is 0 Å². The zero-order valence-corrected chi connectivity index (χ0v) is 19.2. The monoisotopic (exact) mass is 495 g/mol. The standard InChI is InChI=1S/C22H29N3O2.HI/c1-23-22(24-13-11-17-5-4-6-21(15-17)27-3)25-14-12-19(16-25)18-7-9-20(26-2)10-8-18;/h4-10,15,19H,11-14,16H2,1-3H3,(H,23,24);1H. The summed E-state index contributed by atoms with van der Waals surface area (Å²) >= 11 is 0. The lowest BCUT2D eigenvalue weighted by Crippen LogP contribution is -2.40. The van der Waals surface area contributed by atoms with E-state index in [1.807, 2.05) is 31.3 Å². The minimum Gasteiger partial charge on any atom is -0.497 e. The molecule has 0 spiro atoms. The van der Waals surface area contributed by atoms with Crippen LogP contribution in [-0.2, 0) is 6.42 Å². The van der Waals surface area contributed by atoms with E-state index in [-0.39, 0.29) is 24.0 Å². The Morgan fingerprint density at radius 2 is 1.86 bits per heavy atom. The molecule has 3 rings (SSSR count). The average molecular weight is 495 g/mol. The van der Waals surface area contributed by atoms with Gasteiger partial charge in [-0.3, -0.25) is 4.99 Å². The summed E-state index contributed by atoms with van der Waals surface area (Å²) in [6.07, 6.45) is 2.08. The number of hydrogen-bond acceptors (Lipinski definition) is 3. The average Bonchev–Trinajstić information content (AvgIpc) is 3.21. The van der Waals surface area contributed by atoms with Crippen molar-refractivity contribution in [3.05, 3.63) is 59.7 Å². The van der Waals surface area contributed by atoms with E-state index in [1.54, 1.807) is 14.2 Å². The normalized spacial score (nSPS) is 16.5. The topological polar surface area (TPSA) is 46.1 Å². The Labute approximate surface area is 185 Å². The van der Waals surface area contributed by atoms with E-state index in [0.717, 1.165) is 49.9 Å². The number of guanidine groups is 1. The molecule has 0 aliphatic carbocycles. The number of nitrogens with zero attached hydrogens (tertiary/aromatic N) is 2. The summed E-state index contributed by atoms with van der Waals surface area (Å²) < 4.78 is 10.5. The second-order valence-electron chi connectivity index (χ2n) is 6.78. The third kappa shape index (κ3) is 5.77. The smallest absolute Gasteiger partial charge is 0.193 e. The number of aliphatic imine (C=N–C) groups is 1. The molecular weight excluding hydrogens is 465 g/mol. The Bertz CT molecular complexity index is 765. The van der Waals surface area contributed by atoms with Crippen LogP contribution in [0.1, 0.15) is 23.5 Å². The highest BCUT2D eigenvalue weighted by Gasteiger charge is 2.25. The Balaban J connectivity index is 0.00000280. The Hall–Kier alpha value is -1.96. The van der Waals surface area contributed by atoms with Crippen LogP contribution in [-0.4, -0.2) is 51.8 Å². The summed E-state index contributed by atoms with van der Waals surface area (Å²) in [7, 11) is 5.26. The molecule has 2 aromatic rings. The van der Waals surface area contributed by atoms with Gasteiger partial charge < -0.3 is 19.7 Å². The molecular formula is C22H30IN3O2. The van der Waals surface area contributed by atoms with Crippen LogP contribution in [0.2, 0.25) is 0 Å². The first-order chi connectivity index (χ1) is 13.2. The van der Waals surface area contributed by atoms with Crippen molar-refractivity contribution in [1.82, 2.24) is 10.2 Å². The fourth-order valence-corrected chi connectivity index (χ4v) is 3.58. The van der Waals surface area contributed by atoms with Crippen LogP contribution in [0.25, 0.3) is 0 Å². The van der Waals surface area contributed by atoms with Crippen molar-refractivity contribution in [3.63, 3.8) is 0 Å². The number of rotatable bonds is 6. The number of likely N-dealkylation sites (tertiary alicyclic amines) is 1. The largest absolute Gasteiger partial charge is 0.497 e. The maximum atomic E-state index is 5.29. The van der Waals surface area contributed by atoms with Crippen molar-refractivity contribution in [2.24, 2.45) is 4.99 Å². The Kier molecular flexibility index (Phi) is 8.89. The van der Waals surface area contributed by atoms with E-state index in [1.165, 1.54) is 11.1 Å². The lowest BCUT2D eigenvalue weighted by Gasteiger charge is -2.22. The van der Waals surface area contributed by atoms with Gasteiger partial charge in [0.15, 0.2) is 5.96 Å². The maximum Gasteiger partial charge on any atom is 0.193 e. The van der Waals surface area contributed by atoms with Gasteiger partial charge in [0.25, 0.3) is 0 Å². The first-order valence-electron chi connectivity index (χ1n) is 9.46. The maximum absolute atomic E-state index is 5.29. The molecule has 1 saturated heterocycles. The van der Waals surface area contributed by atoms with Gasteiger partial charge in [-0.05, 0) is 48.2 Å². The molecule has 152 valence electrons. The van der Waals surface area contributed by atoms with Crippen molar-refractivity contribution in [2.75, 3.05) is 40.9 Å². The molecule has 0 aromatic heterocycles. The van der Waals surface area contributed by atoms with E-state index in [9.17, 15) is 0 Å². The molecule has 1 heterocycles. The Morgan fingerprint density at radius 3 is 2.54 bits per heavy atom. The first kappa shape index (κ1) is 22.3. The summed E-state index contributed by atoms with van der Waals surface area (Å²) in [5.74, 6) is 3.32. The third-order valence-corrected chi connectivity index (χ3v) is 5.12. The van der Waals surface area contributed by atoms with Crippen molar-refractivity contribution in [3.8, 4) is 11.5 Å². The van der Waals surface area contributed by atoms with E-state index in [4.69, 9.17) is 9.47 Å². The van der Waals surface area contributed by atoms with Crippen LogP contribution < -0.4 is 14.8 Å². The van der Waals surface area contributed by atoms with Gasteiger partial charge in [-0.25, -0.2) is 0 Å². The number of ether oxygens (including phenoxy) is 2. The predicted octanol–water partition coefficient (Wildman–Crippen LogP) is 3.93. The first-order valence-corrected chi connectivity index (χ1v) is 9.46. The Morgan fingerprint density at radius 1 is 1.11 bits per heavy atom. The zero-order chi connectivity index (χ0) is 19.1. The van der Waals surface area contributed by atoms with Gasteiger partial charge in [-0.1, -0.05) is 24.3 Å². The van der Waals surface area contributed by atoms with Crippen LogP contribution in [0.4, 0.5) is 0 Å². The molecule has 28 heavy (non-hydrogen) atoms. The third-order valence-electron chi connectivity index (χ3n) is 5.12.